The minimum Gasteiger partial charge on any atom is -0.493 e. The molecular formula is C29H23ClN4O4S. The van der Waals surface area contributed by atoms with Gasteiger partial charge in [0.1, 0.15) is 0 Å². The summed E-state index contributed by atoms with van der Waals surface area (Å²) in [6.45, 7) is 1.83. The van der Waals surface area contributed by atoms with Crippen LogP contribution in [0.4, 0.5) is 11.4 Å². The van der Waals surface area contributed by atoms with E-state index in [2.05, 4.69) is 15.2 Å². The Kier molecular flexibility index (Phi) is 7.19. The van der Waals surface area contributed by atoms with Crippen LogP contribution in [0.2, 0.25) is 5.02 Å². The summed E-state index contributed by atoms with van der Waals surface area (Å²) in [4.78, 5) is 15.6. The van der Waals surface area contributed by atoms with Crippen molar-refractivity contribution in [2.45, 2.75) is 18.4 Å². The van der Waals surface area contributed by atoms with Crippen LogP contribution in [0.5, 0.6) is 5.88 Å². The van der Waals surface area contributed by atoms with Crippen LogP contribution in [0.1, 0.15) is 21.5 Å². The molecule has 8 nitrogen and oxygen atoms in total. The van der Waals surface area contributed by atoms with E-state index in [4.69, 9.17) is 11.6 Å². The number of hydrogen-bond acceptors (Lipinski definition) is 5. The molecule has 2 N–H and O–H groups in total. The number of nitrogens with one attached hydrogen (secondary N) is 1. The van der Waals surface area contributed by atoms with Crippen LogP contribution < -0.4 is 4.31 Å². The lowest BCUT2D eigenvalue weighted by Crippen LogP contribution is -2.31. The zero-order valence-corrected chi connectivity index (χ0v) is 22.3. The Morgan fingerprint density at radius 2 is 1.64 bits per heavy atom. The van der Waals surface area contributed by atoms with Crippen molar-refractivity contribution in [2.24, 2.45) is 10.2 Å². The molecule has 5 rings (SSSR count). The van der Waals surface area contributed by atoms with Crippen LogP contribution in [-0.2, 0) is 16.6 Å². The van der Waals surface area contributed by atoms with Gasteiger partial charge in [0.05, 0.1) is 22.6 Å². The second-order valence-corrected chi connectivity index (χ2v) is 11.1. The largest absolute Gasteiger partial charge is 0.493 e. The fraction of sp³-hybridized carbons (Fsp3) is 0.0690. The number of aromatic hydroxyl groups is 1. The van der Waals surface area contributed by atoms with E-state index in [0.29, 0.717) is 27.2 Å². The van der Waals surface area contributed by atoms with Crippen molar-refractivity contribution < 1.29 is 18.3 Å². The van der Waals surface area contributed by atoms with E-state index in [1.807, 2.05) is 13.0 Å². The third-order valence-electron chi connectivity index (χ3n) is 6.20. The van der Waals surface area contributed by atoms with Gasteiger partial charge in [-0.3, -0.25) is 9.10 Å². The number of carbonyl (C=O) groups excluding carboxylic acids is 1. The number of rotatable bonds is 7. The molecule has 0 aliphatic carbocycles. The Bertz CT molecular complexity index is 1800. The van der Waals surface area contributed by atoms with Crippen LogP contribution in [0.15, 0.2) is 112 Å². The molecular weight excluding hydrogens is 536 g/mol. The number of azo groups is 1. The fourth-order valence-electron chi connectivity index (χ4n) is 4.16. The summed E-state index contributed by atoms with van der Waals surface area (Å²) in [5.41, 5.74) is 2.96. The molecule has 10 heteroatoms. The lowest BCUT2D eigenvalue weighted by Gasteiger charge is -2.26. The van der Waals surface area contributed by atoms with Gasteiger partial charge in [-0.25, -0.2) is 8.42 Å². The lowest BCUT2D eigenvalue weighted by atomic mass is 10.1. The number of hydrogen-bond donors (Lipinski definition) is 2. The highest BCUT2D eigenvalue weighted by molar-refractivity contribution is 7.92. The maximum Gasteiger partial charge on any atom is 0.295 e. The van der Waals surface area contributed by atoms with E-state index in [-0.39, 0.29) is 28.6 Å². The number of aromatic nitrogens is 1. The van der Waals surface area contributed by atoms with E-state index < -0.39 is 15.9 Å². The van der Waals surface area contributed by atoms with Gasteiger partial charge in [0.2, 0.25) is 5.88 Å². The number of carbonyl (C=O) groups is 1. The molecule has 0 aliphatic rings. The molecule has 4 aromatic carbocycles. The number of fused-ring (bicyclic) bond motifs is 1. The minimum atomic E-state index is -3.93. The summed E-state index contributed by atoms with van der Waals surface area (Å²) in [6.07, 6.45) is 0. The number of benzene rings is 4. The van der Waals surface area contributed by atoms with E-state index in [1.165, 1.54) is 4.31 Å². The summed E-state index contributed by atoms with van der Waals surface area (Å²) in [6, 6.07) is 26.9. The number of H-pyrrole nitrogens is 1. The topological polar surface area (TPSA) is 115 Å². The Balaban J connectivity index is 1.42. The molecule has 0 atom stereocenters. The molecule has 0 saturated carbocycles. The van der Waals surface area contributed by atoms with Gasteiger partial charge in [-0.1, -0.05) is 66.2 Å². The van der Waals surface area contributed by atoms with E-state index >= 15 is 0 Å². The predicted octanol–water partition coefficient (Wildman–Crippen LogP) is 7.15. The lowest BCUT2D eigenvalue weighted by molar-refractivity contribution is 0.0995. The quantitative estimate of drug-likeness (QED) is 0.206. The van der Waals surface area contributed by atoms with Gasteiger partial charge in [0.15, 0.2) is 5.69 Å². The maximum absolute atomic E-state index is 13.7. The number of sulfonamides is 1. The summed E-state index contributed by atoms with van der Waals surface area (Å²) in [7, 11) is -3.93. The molecule has 1 amide bonds. The Labute approximate surface area is 230 Å². The second-order valence-electron chi connectivity index (χ2n) is 8.83. The summed E-state index contributed by atoms with van der Waals surface area (Å²) >= 11 is 6.23. The van der Waals surface area contributed by atoms with Crippen molar-refractivity contribution in [3.63, 3.8) is 0 Å². The highest BCUT2D eigenvalue weighted by Crippen LogP contribution is 2.35. The number of nitrogens with zero attached hydrogens (tertiary/aromatic N) is 3. The number of aryl methyl sites for hydroxylation is 1. The molecule has 5 aromatic rings. The monoisotopic (exact) mass is 558 g/mol. The molecule has 196 valence electrons. The zero-order valence-electron chi connectivity index (χ0n) is 20.7. The predicted molar refractivity (Wildman–Crippen MR) is 151 cm³/mol. The highest BCUT2D eigenvalue weighted by atomic mass is 35.5. The van der Waals surface area contributed by atoms with Crippen LogP contribution in [0.3, 0.4) is 0 Å². The fourth-order valence-corrected chi connectivity index (χ4v) is 5.85. The number of aromatic amines is 1. The van der Waals surface area contributed by atoms with Gasteiger partial charge < -0.3 is 10.1 Å². The van der Waals surface area contributed by atoms with Crippen molar-refractivity contribution in [3.8, 4) is 5.88 Å². The number of anilines is 1. The normalized spacial score (nSPS) is 11.7. The molecule has 1 aromatic heterocycles. The van der Waals surface area contributed by atoms with Crippen molar-refractivity contribution >= 4 is 49.8 Å². The van der Waals surface area contributed by atoms with Crippen LogP contribution >= 0.6 is 11.6 Å². The average Bonchev–Trinajstić information content (AvgIpc) is 3.27. The average molecular weight is 559 g/mol. The molecule has 39 heavy (non-hydrogen) atoms. The molecule has 1 heterocycles. The van der Waals surface area contributed by atoms with Crippen LogP contribution in [-0.4, -0.2) is 24.4 Å². The zero-order chi connectivity index (χ0) is 27.6. The molecule has 0 unspecified atom stereocenters. The van der Waals surface area contributed by atoms with E-state index in [0.717, 1.165) is 5.56 Å². The number of amides is 1. The first kappa shape index (κ1) is 26.1. The van der Waals surface area contributed by atoms with Gasteiger partial charge in [-0.2, -0.15) is 0 Å². The van der Waals surface area contributed by atoms with Gasteiger partial charge >= 0.3 is 0 Å². The Morgan fingerprint density at radius 3 is 2.38 bits per heavy atom. The molecule has 0 aliphatic heterocycles. The van der Waals surface area contributed by atoms with Gasteiger partial charge in [0, 0.05) is 16.0 Å². The molecule has 0 fully saturated rings. The number of para-hydroxylation sites is 1. The van der Waals surface area contributed by atoms with Crippen molar-refractivity contribution in [2.75, 3.05) is 4.31 Å². The standard InChI is InChI=1S/C29H23ClN4O4S/c1-19-11-16-22(30)17-26(19)34(39(37,38)23-7-3-2-4-8-23)18-20-12-14-21(15-13-20)28(35)33-32-27-24-9-5-6-10-25(24)31-29(27)36/h2-17,31,36H,18H2,1H3. The van der Waals surface area contributed by atoms with Gasteiger partial charge in [0.25, 0.3) is 15.9 Å². The summed E-state index contributed by atoms with van der Waals surface area (Å²) in [5, 5.41) is 18.9. The molecule has 0 bridgehead atoms. The van der Waals surface area contributed by atoms with E-state index in [1.54, 1.807) is 91.0 Å². The van der Waals surface area contributed by atoms with Crippen molar-refractivity contribution in [1.82, 2.24) is 4.98 Å². The highest BCUT2D eigenvalue weighted by Gasteiger charge is 2.26. The molecule has 0 radical (unpaired) electrons. The van der Waals surface area contributed by atoms with Crippen LogP contribution in [0.25, 0.3) is 10.9 Å². The van der Waals surface area contributed by atoms with E-state index in [9.17, 15) is 18.3 Å². The second kappa shape index (κ2) is 10.7. The molecule has 0 saturated heterocycles. The Morgan fingerprint density at radius 1 is 0.949 bits per heavy atom. The smallest absolute Gasteiger partial charge is 0.295 e. The minimum absolute atomic E-state index is 0.0115. The SMILES string of the molecule is Cc1ccc(Cl)cc1N(Cc1ccc(C(=O)N=Nc2c(O)[nH]c3ccccc23)cc1)S(=O)(=O)c1ccccc1. The van der Waals surface area contributed by atoms with Gasteiger partial charge in [-0.15, -0.1) is 10.2 Å². The summed E-state index contributed by atoms with van der Waals surface area (Å²) in [5.74, 6) is -0.787. The third-order valence-corrected chi connectivity index (χ3v) is 8.21. The number of halogens is 1. The van der Waals surface area contributed by atoms with Gasteiger partial charge in [-0.05, 0) is 60.5 Å². The maximum atomic E-state index is 13.7. The first-order chi connectivity index (χ1) is 18.7. The van der Waals surface area contributed by atoms with Crippen molar-refractivity contribution in [1.29, 1.82) is 0 Å². The summed E-state index contributed by atoms with van der Waals surface area (Å²) < 4.78 is 28.7. The third kappa shape index (κ3) is 5.41. The van der Waals surface area contributed by atoms with Crippen LogP contribution in [0, 0.1) is 6.92 Å². The Hall–Kier alpha value is -4.47. The van der Waals surface area contributed by atoms with Crippen molar-refractivity contribution in [3.05, 3.63) is 119 Å². The first-order valence-corrected chi connectivity index (χ1v) is 13.7. The molecule has 0 spiro atoms. The first-order valence-electron chi connectivity index (χ1n) is 11.9.